The van der Waals surface area contributed by atoms with E-state index in [0.29, 0.717) is 62.3 Å². The van der Waals surface area contributed by atoms with E-state index in [2.05, 4.69) is 20.3 Å². The number of carbonyl (C=O) groups is 1. The predicted octanol–water partition coefficient (Wildman–Crippen LogP) is 1.03. The van der Waals surface area contributed by atoms with E-state index in [1.165, 1.54) is 4.57 Å². The molecule has 35 heavy (non-hydrogen) atoms. The standard InChI is InChI=1S/C22H27F2N9O2/c23-18(24)19-27-15-5-1-2-6-16(15)33(19)22-29-20(31-8-10-35-11-9-31)28-21(30-22)32-7-3-4-14(13-32)26-17(34)12-25/h1-2,5-6,14,18H,3-4,7-13,25H2,(H,26,34). The number of hydrogen-bond donors (Lipinski definition) is 2. The van der Waals surface area contributed by atoms with Crippen LogP contribution in [0.25, 0.3) is 17.0 Å². The molecule has 2 saturated heterocycles. The highest BCUT2D eigenvalue weighted by molar-refractivity contribution is 5.78. The normalized spacial score (nSPS) is 18.9. The molecule has 2 aliphatic rings. The minimum absolute atomic E-state index is 0.0774. The molecule has 4 heterocycles. The van der Waals surface area contributed by atoms with Gasteiger partial charge in [0, 0.05) is 32.2 Å². The molecule has 13 heteroatoms. The minimum Gasteiger partial charge on any atom is -0.378 e. The summed E-state index contributed by atoms with van der Waals surface area (Å²) in [6.07, 6.45) is -1.21. The van der Waals surface area contributed by atoms with Crippen molar-refractivity contribution in [2.45, 2.75) is 25.3 Å². The highest BCUT2D eigenvalue weighted by atomic mass is 19.3. The van der Waals surface area contributed by atoms with Gasteiger partial charge in [0.05, 0.1) is 30.8 Å². The number of anilines is 2. The fourth-order valence-corrected chi connectivity index (χ4v) is 4.45. The molecule has 3 N–H and O–H groups in total. The van der Waals surface area contributed by atoms with E-state index >= 15 is 0 Å². The smallest absolute Gasteiger partial charge is 0.296 e. The number of morpholine rings is 1. The van der Waals surface area contributed by atoms with Gasteiger partial charge in [-0.1, -0.05) is 12.1 Å². The zero-order chi connectivity index (χ0) is 24.4. The Morgan fingerprint density at radius 3 is 2.51 bits per heavy atom. The van der Waals surface area contributed by atoms with Crippen LogP contribution >= 0.6 is 0 Å². The number of benzene rings is 1. The van der Waals surface area contributed by atoms with Crippen LogP contribution in [0, 0.1) is 0 Å². The van der Waals surface area contributed by atoms with Gasteiger partial charge in [-0.05, 0) is 25.0 Å². The maximum absolute atomic E-state index is 14.0. The molecule has 0 bridgehead atoms. The lowest BCUT2D eigenvalue weighted by Gasteiger charge is -2.34. The van der Waals surface area contributed by atoms with Gasteiger partial charge < -0.3 is 25.6 Å². The first kappa shape index (κ1) is 23.3. The molecule has 0 saturated carbocycles. The number of hydrogen-bond acceptors (Lipinski definition) is 9. The average molecular weight is 488 g/mol. The van der Waals surface area contributed by atoms with Crippen molar-refractivity contribution in [3.8, 4) is 5.95 Å². The Morgan fingerprint density at radius 1 is 1.06 bits per heavy atom. The van der Waals surface area contributed by atoms with Gasteiger partial charge in [-0.25, -0.2) is 13.8 Å². The first-order chi connectivity index (χ1) is 17.0. The SMILES string of the molecule is NCC(=O)NC1CCCN(c2nc(N3CCOCC3)nc(-n3c(C(F)F)nc4ccccc43)n2)C1. The van der Waals surface area contributed by atoms with Gasteiger partial charge in [-0.3, -0.25) is 9.36 Å². The maximum Gasteiger partial charge on any atom is 0.296 e. The van der Waals surface area contributed by atoms with Crippen LogP contribution in [0.3, 0.4) is 0 Å². The van der Waals surface area contributed by atoms with Gasteiger partial charge in [-0.2, -0.15) is 15.0 Å². The van der Waals surface area contributed by atoms with Crippen LogP contribution in [0.4, 0.5) is 20.7 Å². The van der Waals surface area contributed by atoms with Crippen molar-refractivity contribution in [3.63, 3.8) is 0 Å². The Labute approximate surface area is 200 Å². The summed E-state index contributed by atoms with van der Waals surface area (Å²) in [5.74, 6) is 0.172. The number of nitrogens with two attached hydrogens (primary N) is 1. The van der Waals surface area contributed by atoms with Gasteiger partial charge in [0.15, 0.2) is 5.82 Å². The summed E-state index contributed by atoms with van der Waals surface area (Å²) in [4.78, 5) is 33.8. The molecule has 2 aliphatic heterocycles. The summed E-state index contributed by atoms with van der Waals surface area (Å²) in [7, 11) is 0. The highest BCUT2D eigenvalue weighted by Crippen LogP contribution is 2.28. The van der Waals surface area contributed by atoms with Crippen LogP contribution < -0.4 is 20.9 Å². The second kappa shape index (κ2) is 10.0. The average Bonchev–Trinajstić information content (AvgIpc) is 3.29. The van der Waals surface area contributed by atoms with E-state index < -0.39 is 12.2 Å². The Bertz CT molecular complexity index is 1200. The summed E-state index contributed by atoms with van der Waals surface area (Å²) in [5, 5.41) is 2.92. The first-order valence-corrected chi connectivity index (χ1v) is 11.6. The molecule has 1 aromatic carbocycles. The van der Waals surface area contributed by atoms with Gasteiger partial charge >= 0.3 is 0 Å². The molecule has 1 unspecified atom stereocenters. The van der Waals surface area contributed by atoms with E-state index in [4.69, 9.17) is 15.5 Å². The van der Waals surface area contributed by atoms with Gasteiger partial charge in [0.2, 0.25) is 23.8 Å². The zero-order valence-corrected chi connectivity index (χ0v) is 19.1. The van der Waals surface area contributed by atoms with Crippen LogP contribution in [0.2, 0.25) is 0 Å². The first-order valence-electron chi connectivity index (χ1n) is 11.6. The number of carbonyl (C=O) groups excluding carboxylic acids is 1. The molecule has 5 rings (SSSR count). The third-order valence-electron chi connectivity index (χ3n) is 6.13. The summed E-state index contributed by atoms with van der Waals surface area (Å²) < 4.78 is 34.8. The van der Waals surface area contributed by atoms with E-state index in [-0.39, 0.29) is 24.4 Å². The summed E-state index contributed by atoms with van der Waals surface area (Å²) >= 11 is 0. The molecule has 1 amide bonds. The molecule has 3 aromatic rings. The van der Waals surface area contributed by atoms with Crippen molar-refractivity contribution in [1.29, 1.82) is 0 Å². The molecule has 2 aromatic heterocycles. The Balaban J connectivity index is 1.59. The van der Waals surface area contributed by atoms with Crippen LogP contribution in [0.1, 0.15) is 25.1 Å². The number of fused-ring (bicyclic) bond motifs is 1. The summed E-state index contributed by atoms with van der Waals surface area (Å²) in [6.45, 7) is 3.23. The number of ether oxygens (including phenoxy) is 1. The van der Waals surface area contributed by atoms with Crippen LogP contribution in [-0.4, -0.2) is 82.4 Å². The van der Waals surface area contributed by atoms with Gasteiger partial charge in [0.1, 0.15) is 0 Å². The lowest BCUT2D eigenvalue weighted by atomic mass is 10.1. The lowest BCUT2D eigenvalue weighted by molar-refractivity contribution is -0.120. The number of para-hydroxylation sites is 2. The molecule has 0 spiro atoms. The molecular formula is C22H27F2N9O2. The van der Waals surface area contributed by atoms with Crippen LogP contribution in [0.5, 0.6) is 0 Å². The quantitative estimate of drug-likeness (QED) is 0.524. The van der Waals surface area contributed by atoms with Gasteiger partial charge in [0.25, 0.3) is 6.43 Å². The third kappa shape index (κ3) is 4.86. The second-order valence-corrected chi connectivity index (χ2v) is 8.49. The number of amides is 1. The summed E-state index contributed by atoms with van der Waals surface area (Å²) in [5.41, 5.74) is 6.37. The molecular weight excluding hydrogens is 460 g/mol. The number of imidazole rings is 1. The number of nitrogens with one attached hydrogen (secondary N) is 1. The number of halogens is 2. The molecule has 2 fully saturated rings. The van der Waals surface area contributed by atoms with E-state index in [1.807, 2.05) is 9.80 Å². The fraction of sp³-hybridized carbons (Fsp3) is 0.500. The number of aromatic nitrogens is 5. The predicted molar refractivity (Wildman–Crippen MR) is 125 cm³/mol. The Kier molecular flexibility index (Phi) is 6.68. The number of nitrogens with zero attached hydrogens (tertiary/aromatic N) is 7. The van der Waals surface area contributed by atoms with Crippen molar-refractivity contribution in [2.75, 3.05) is 55.7 Å². The maximum atomic E-state index is 14.0. The van der Waals surface area contributed by atoms with Gasteiger partial charge in [-0.15, -0.1) is 0 Å². The molecule has 11 nitrogen and oxygen atoms in total. The minimum atomic E-state index is -2.82. The van der Waals surface area contributed by atoms with E-state index in [0.717, 1.165) is 12.8 Å². The zero-order valence-electron chi connectivity index (χ0n) is 19.1. The Morgan fingerprint density at radius 2 is 1.77 bits per heavy atom. The molecule has 0 aliphatic carbocycles. The van der Waals surface area contributed by atoms with E-state index in [1.54, 1.807) is 24.3 Å². The van der Waals surface area contributed by atoms with Crippen molar-refractivity contribution >= 4 is 28.8 Å². The Hall–Kier alpha value is -3.45. The largest absolute Gasteiger partial charge is 0.378 e. The molecule has 1 atom stereocenters. The number of alkyl halides is 2. The molecule has 0 radical (unpaired) electrons. The number of rotatable bonds is 6. The monoisotopic (exact) mass is 487 g/mol. The van der Waals surface area contributed by atoms with Crippen LogP contribution in [-0.2, 0) is 9.53 Å². The van der Waals surface area contributed by atoms with Crippen molar-refractivity contribution < 1.29 is 18.3 Å². The lowest BCUT2D eigenvalue weighted by Crippen LogP contribution is -2.49. The second-order valence-electron chi connectivity index (χ2n) is 8.49. The van der Waals surface area contributed by atoms with Crippen molar-refractivity contribution in [1.82, 2.24) is 29.8 Å². The number of piperidine rings is 1. The van der Waals surface area contributed by atoms with Crippen molar-refractivity contribution in [3.05, 3.63) is 30.1 Å². The van der Waals surface area contributed by atoms with Crippen molar-refractivity contribution in [2.24, 2.45) is 5.73 Å². The van der Waals surface area contributed by atoms with E-state index in [9.17, 15) is 13.6 Å². The summed E-state index contributed by atoms with van der Waals surface area (Å²) in [6, 6.07) is 6.79. The molecule has 186 valence electrons. The fourth-order valence-electron chi connectivity index (χ4n) is 4.45. The van der Waals surface area contributed by atoms with Crippen LogP contribution in [0.15, 0.2) is 24.3 Å². The topological polar surface area (TPSA) is 127 Å². The third-order valence-corrected chi connectivity index (χ3v) is 6.13. The highest BCUT2D eigenvalue weighted by Gasteiger charge is 2.28.